The van der Waals surface area contributed by atoms with Crippen LogP contribution in [0.25, 0.3) is 0 Å². The monoisotopic (exact) mass is 395 g/mol. The summed E-state index contributed by atoms with van der Waals surface area (Å²) in [5.74, 6) is -0.493. The van der Waals surface area contributed by atoms with Crippen molar-refractivity contribution in [2.45, 2.75) is 13.0 Å². The molecule has 3 N–H and O–H groups in total. The lowest BCUT2D eigenvalue weighted by Crippen LogP contribution is -2.18. The van der Waals surface area contributed by atoms with Crippen molar-refractivity contribution in [3.05, 3.63) is 65.4 Å². The number of carbonyl (C=O) groups excluding carboxylic acids is 1. The lowest BCUT2D eigenvalue weighted by atomic mass is 10.1. The van der Waals surface area contributed by atoms with Crippen molar-refractivity contribution in [2.24, 2.45) is 0 Å². The predicted molar refractivity (Wildman–Crippen MR) is 107 cm³/mol. The highest BCUT2D eigenvalue weighted by atomic mass is 16.5. The zero-order valence-electron chi connectivity index (χ0n) is 16.2. The van der Waals surface area contributed by atoms with Crippen LogP contribution in [0.15, 0.2) is 54.2 Å². The summed E-state index contributed by atoms with van der Waals surface area (Å²) in [6.45, 7) is 1.87. The molecule has 150 valence electrons. The Bertz CT molecular complexity index is 961. The van der Waals surface area contributed by atoms with Crippen molar-refractivity contribution < 1.29 is 24.2 Å². The number of nitriles is 1. The van der Waals surface area contributed by atoms with Gasteiger partial charge in [-0.15, -0.1) is 0 Å². The van der Waals surface area contributed by atoms with Gasteiger partial charge < -0.3 is 25.2 Å². The Balaban J connectivity index is 2.07. The van der Waals surface area contributed by atoms with Gasteiger partial charge in [0.2, 0.25) is 0 Å². The van der Waals surface area contributed by atoms with Gasteiger partial charge in [-0.05, 0) is 48.9 Å². The van der Waals surface area contributed by atoms with Crippen molar-refractivity contribution >= 4 is 17.6 Å². The number of carbonyl (C=O) groups is 2. The lowest BCUT2D eigenvalue weighted by molar-refractivity contribution is -0.112. The molecule has 0 spiro atoms. The fourth-order valence-corrected chi connectivity index (χ4v) is 2.47. The van der Waals surface area contributed by atoms with Gasteiger partial charge in [-0.2, -0.15) is 5.26 Å². The van der Waals surface area contributed by atoms with Crippen LogP contribution in [0, 0.1) is 11.3 Å². The predicted octanol–water partition coefficient (Wildman–Crippen LogP) is 3.10. The number of benzene rings is 2. The molecule has 8 heteroatoms. The number of carboxylic acid groups (broad SMARTS) is 1. The molecule has 1 atom stereocenters. The number of nitrogens with one attached hydrogen (secondary N) is 2. The van der Waals surface area contributed by atoms with E-state index >= 15 is 0 Å². The molecule has 0 radical (unpaired) electrons. The number of rotatable bonds is 8. The zero-order valence-corrected chi connectivity index (χ0v) is 16.2. The number of aromatic carboxylic acids is 1. The quantitative estimate of drug-likeness (QED) is 0.464. The SMILES string of the molecule is COc1ccc(C(C)N/C=C(/C#N)C(=O)Nc2ccc(C(=O)O)cc2)cc1OC. The van der Waals surface area contributed by atoms with E-state index in [1.807, 2.05) is 19.1 Å². The highest BCUT2D eigenvalue weighted by Gasteiger charge is 2.13. The Labute approximate surface area is 168 Å². The molecule has 1 amide bonds. The van der Waals surface area contributed by atoms with Crippen molar-refractivity contribution in [2.75, 3.05) is 19.5 Å². The number of ether oxygens (including phenoxy) is 2. The largest absolute Gasteiger partial charge is 0.493 e. The first-order chi connectivity index (χ1) is 13.9. The summed E-state index contributed by atoms with van der Waals surface area (Å²) >= 11 is 0. The maximum Gasteiger partial charge on any atom is 0.335 e. The topological polar surface area (TPSA) is 121 Å². The van der Waals surface area contributed by atoms with E-state index in [9.17, 15) is 14.9 Å². The zero-order chi connectivity index (χ0) is 21.4. The second-order valence-corrected chi connectivity index (χ2v) is 6.01. The van der Waals surface area contributed by atoms with Crippen molar-refractivity contribution in [1.29, 1.82) is 5.26 Å². The number of amides is 1. The van der Waals surface area contributed by atoms with Crippen LogP contribution in [0.1, 0.15) is 28.9 Å². The first kappa shape index (κ1) is 21.3. The number of nitrogens with zero attached hydrogens (tertiary/aromatic N) is 1. The number of anilines is 1. The van der Waals surface area contributed by atoms with E-state index < -0.39 is 11.9 Å². The van der Waals surface area contributed by atoms with Crippen LogP contribution >= 0.6 is 0 Å². The minimum atomic E-state index is -1.06. The molecular formula is C21H21N3O5. The van der Waals surface area contributed by atoms with Gasteiger partial charge in [-0.3, -0.25) is 4.79 Å². The summed E-state index contributed by atoms with van der Waals surface area (Å²) in [4.78, 5) is 23.2. The van der Waals surface area contributed by atoms with E-state index in [0.29, 0.717) is 17.2 Å². The Morgan fingerprint density at radius 2 is 1.76 bits per heavy atom. The van der Waals surface area contributed by atoms with Gasteiger partial charge in [-0.25, -0.2) is 4.79 Å². The van der Waals surface area contributed by atoms with Crippen molar-refractivity contribution in [3.8, 4) is 17.6 Å². The summed E-state index contributed by atoms with van der Waals surface area (Å²) in [7, 11) is 3.09. The molecule has 0 aromatic heterocycles. The van der Waals surface area contributed by atoms with Crippen LogP contribution in [0.3, 0.4) is 0 Å². The molecule has 0 heterocycles. The molecule has 2 rings (SSSR count). The molecule has 0 saturated carbocycles. The molecule has 0 aliphatic rings. The molecule has 0 fully saturated rings. The Morgan fingerprint density at radius 1 is 1.10 bits per heavy atom. The van der Waals surface area contributed by atoms with E-state index in [1.54, 1.807) is 26.4 Å². The molecule has 2 aromatic rings. The second kappa shape index (κ2) is 9.80. The van der Waals surface area contributed by atoms with Gasteiger partial charge in [0, 0.05) is 17.9 Å². The summed E-state index contributed by atoms with van der Waals surface area (Å²) in [6, 6.07) is 12.7. The summed E-state index contributed by atoms with van der Waals surface area (Å²) in [5.41, 5.74) is 1.24. The number of methoxy groups -OCH3 is 2. The third-order valence-corrected chi connectivity index (χ3v) is 4.14. The number of hydrogen-bond donors (Lipinski definition) is 3. The Kier molecular flexibility index (Phi) is 7.20. The summed E-state index contributed by atoms with van der Waals surface area (Å²) in [5, 5.41) is 23.8. The fraction of sp³-hybridized carbons (Fsp3) is 0.190. The van der Waals surface area contributed by atoms with Crippen molar-refractivity contribution in [3.63, 3.8) is 0 Å². The molecule has 0 bridgehead atoms. The maximum atomic E-state index is 12.3. The third kappa shape index (κ3) is 5.49. The van der Waals surface area contributed by atoms with Crippen LogP contribution in [0.4, 0.5) is 5.69 Å². The Morgan fingerprint density at radius 3 is 2.31 bits per heavy atom. The normalized spacial score (nSPS) is 11.7. The third-order valence-electron chi connectivity index (χ3n) is 4.14. The van der Waals surface area contributed by atoms with E-state index in [-0.39, 0.29) is 17.2 Å². The number of hydrogen-bond acceptors (Lipinski definition) is 6. The van der Waals surface area contributed by atoms with Gasteiger partial charge in [-0.1, -0.05) is 6.07 Å². The van der Waals surface area contributed by atoms with Crippen LogP contribution in [0.2, 0.25) is 0 Å². The molecular weight excluding hydrogens is 374 g/mol. The maximum absolute atomic E-state index is 12.3. The summed E-state index contributed by atoms with van der Waals surface area (Å²) < 4.78 is 10.5. The van der Waals surface area contributed by atoms with E-state index in [1.165, 1.54) is 30.5 Å². The molecule has 1 unspecified atom stereocenters. The van der Waals surface area contributed by atoms with Gasteiger partial charge in [0.15, 0.2) is 11.5 Å². The second-order valence-electron chi connectivity index (χ2n) is 6.01. The average molecular weight is 395 g/mol. The summed E-state index contributed by atoms with van der Waals surface area (Å²) in [6.07, 6.45) is 1.34. The molecule has 0 aliphatic heterocycles. The van der Waals surface area contributed by atoms with Crippen LogP contribution < -0.4 is 20.1 Å². The minimum absolute atomic E-state index is 0.101. The van der Waals surface area contributed by atoms with Crippen molar-refractivity contribution in [1.82, 2.24) is 5.32 Å². The van der Waals surface area contributed by atoms with Gasteiger partial charge in [0.25, 0.3) is 5.91 Å². The highest BCUT2D eigenvalue weighted by Crippen LogP contribution is 2.29. The van der Waals surface area contributed by atoms with Crippen LogP contribution in [-0.4, -0.2) is 31.2 Å². The van der Waals surface area contributed by atoms with E-state index in [4.69, 9.17) is 14.6 Å². The standard InChI is InChI=1S/C21H21N3O5/c1-13(15-6-9-18(28-2)19(10-15)29-3)23-12-16(11-22)20(25)24-17-7-4-14(5-8-17)21(26)27/h4-10,12-13,23H,1-3H3,(H,24,25)(H,26,27)/b16-12-. The van der Waals surface area contributed by atoms with Gasteiger partial charge >= 0.3 is 5.97 Å². The Hall–Kier alpha value is -3.99. The smallest absolute Gasteiger partial charge is 0.335 e. The molecule has 29 heavy (non-hydrogen) atoms. The number of carboxylic acids is 1. The van der Waals surface area contributed by atoms with Crippen LogP contribution in [-0.2, 0) is 4.79 Å². The van der Waals surface area contributed by atoms with E-state index in [0.717, 1.165) is 5.56 Å². The average Bonchev–Trinajstić information content (AvgIpc) is 2.73. The van der Waals surface area contributed by atoms with Crippen LogP contribution in [0.5, 0.6) is 11.5 Å². The molecule has 8 nitrogen and oxygen atoms in total. The molecule has 2 aromatic carbocycles. The lowest BCUT2D eigenvalue weighted by Gasteiger charge is -2.15. The molecule has 0 aliphatic carbocycles. The first-order valence-electron chi connectivity index (χ1n) is 8.62. The van der Waals surface area contributed by atoms with Gasteiger partial charge in [0.05, 0.1) is 19.8 Å². The highest BCUT2D eigenvalue weighted by molar-refractivity contribution is 6.06. The minimum Gasteiger partial charge on any atom is -0.493 e. The first-order valence-corrected chi connectivity index (χ1v) is 8.62. The fourth-order valence-electron chi connectivity index (χ4n) is 2.47. The van der Waals surface area contributed by atoms with Gasteiger partial charge in [0.1, 0.15) is 11.6 Å². The molecule has 0 saturated heterocycles. The van der Waals surface area contributed by atoms with E-state index in [2.05, 4.69) is 10.6 Å².